The quantitative estimate of drug-likeness (QED) is 0.152. The average Bonchev–Trinajstić information content (AvgIpc) is 1.55. The third-order valence-corrected chi connectivity index (χ3v) is 21.2. The first-order valence-corrected chi connectivity index (χ1v) is 34.5. The smallest absolute Gasteiger partial charge is 0.160 e. The van der Waals surface area contributed by atoms with Gasteiger partial charge >= 0.3 is 0 Å². The van der Waals surface area contributed by atoms with Crippen LogP contribution in [0.2, 0.25) is 0 Å². The van der Waals surface area contributed by atoms with Gasteiger partial charge in [-0.25, -0.2) is 19.9 Å². The van der Waals surface area contributed by atoms with E-state index in [1.807, 2.05) is 0 Å². The fraction of sp³-hybridized carbons (Fsp3) is 0.0638. The first-order valence-electron chi connectivity index (χ1n) is 34.5. The van der Waals surface area contributed by atoms with E-state index >= 15 is 0 Å². The number of fused-ring (bicyclic) bond motifs is 16. The molecule has 100 heavy (non-hydrogen) atoms. The molecule has 6 nitrogen and oxygen atoms in total. The monoisotopic (exact) mass is 1280 g/mol. The van der Waals surface area contributed by atoms with Crippen molar-refractivity contribution in [1.82, 2.24) is 29.1 Å². The molecule has 0 bridgehead atoms. The van der Waals surface area contributed by atoms with Gasteiger partial charge in [0.05, 0.1) is 44.5 Å². The Labute approximate surface area is 580 Å². The molecule has 14 aromatic carbocycles. The van der Waals surface area contributed by atoms with Gasteiger partial charge < -0.3 is 9.13 Å². The summed E-state index contributed by atoms with van der Waals surface area (Å²) in [5, 5.41) is 7.09. The van der Waals surface area contributed by atoms with Crippen molar-refractivity contribution in [1.29, 1.82) is 0 Å². The van der Waals surface area contributed by atoms with Crippen LogP contribution in [0.15, 0.2) is 328 Å². The Balaban J connectivity index is 0.000000139. The second-order valence-electron chi connectivity index (χ2n) is 27.6. The molecule has 0 spiro atoms. The Kier molecular flexibility index (Phi) is 13.5. The Morgan fingerprint density at radius 2 is 0.630 bits per heavy atom. The molecule has 0 aliphatic heterocycles. The Morgan fingerprint density at radius 1 is 0.240 bits per heavy atom. The van der Waals surface area contributed by atoms with Gasteiger partial charge in [0.25, 0.3) is 0 Å². The molecule has 2 aliphatic carbocycles. The van der Waals surface area contributed by atoms with Crippen LogP contribution in [0.1, 0.15) is 49.9 Å². The van der Waals surface area contributed by atoms with Crippen molar-refractivity contribution in [2.24, 2.45) is 0 Å². The van der Waals surface area contributed by atoms with Crippen molar-refractivity contribution < 1.29 is 0 Å². The molecule has 0 N–H and O–H groups in total. The lowest BCUT2D eigenvalue weighted by Gasteiger charge is -2.21. The maximum absolute atomic E-state index is 5.44. The number of aromatic nitrogens is 6. The lowest BCUT2D eigenvalue weighted by molar-refractivity contribution is 0.660. The zero-order valence-electron chi connectivity index (χ0n) is 55.9. The first-order chi connectivity index (χ1) is 49.1. The SMILES string of the molecule is CC1(C)c2ccccc2-c2c1ccc1c(-c3ccccc3)nc(-c3cccc(-c4ccc5c(c4)c4ccccc4n5-c4ccccc4)c3)nc21.CC1(C)c2ccccc2-c2c1ccc1c(-c3ccccc3)nc(-c3cccc(-c4cccc5c4c4ccccc4n5-c4ccccc4)c3)nc21. The summed E-state index contributed by atoms with van der Waals surface area (Å²) >= 11 is 0. The standard InChI is InChI=1S/2C47H33N3/c1-47(2)38-24-11-9-21-35(38)43-39(47)28-27-37-44(30-15-5-3-6-16-30)48-46(49-45(37)43)32-18-13-17-31(29-32)34-23-14-26-41-42(34)36-22-10-12-25-40(36)50(41)33-19-7-4-8-20-33;1-47(2)39-22-11-9-21-36(39)43-40(47)26-25-37-44(30-14-5-3-6-15-30)48-46(49-45(37)43)33-17-13-16-31(28-33)32-24-27-42-38(29-32)35-20-10-12-23-41(35)50(42)34-18-7-4-8-19-34/h2*3-29H,1-2H3. The third kappa shape index (κ3) is 9.24. The number of para-hydroxylation sites is 4. The molecule has 6 heteroatoms. The predicted octanol–water partition coefficient (Wildman–Crippen LogP) is 24.1. The van der Waals surface area contributed by atoms with Gasteiger partial charge in [-0.15, -0.1) is 0 Å². The van der Waals surface area contributed by atoms with E-state index in [4.69, 9.17) is 19.9 Å². The van der Waals surface area contributed by atoms with Gasteiger partial charge in [-0.05, 0) is 122 Å². The van der Waals surface area contributed by atoms with E-state index in [-0.39, 0.29) is 10.8 Å². The van der Waals surface area contributed by atoms with Gasteiger partial charge in [0, 0.05) is 87.9 Å². The highest BCUT2D eigenvalue weighted by atomic mass is 15.0. The Morgan fingerprint density at radius 3 is 1.19 bits per heavy atom. The highest BCUT2D eigenvalue weighted by molar-refractivity contribution is 6.16. The molecule has 0 amide bonds. The fourth-order valence-corrected chi connectivity index (χ4v) is 16.4. The second kappa shape index (κ2) is 23.0. The minimum atomic E-state index is -0.115. The molecule has 0 saturated heterocycles. The van der Waals surface area contributed by atoms with Crippen molar-refractivity contribution in [2.45, 2.75) is 38.5 Å². The summed E-state index contributed by atoms with van der Waals surface area (Å²) in [5.74, 6) is 1.46. The van der Waals surface area contributed by atoms with E-state index in [1.165, 1.54) is 93.7 Å². The van der Waals surface area contributed by atoms with Gasteiger partial charge in [0.2, 0.25) is 0 Å². The van der Waals surface area contributed by atoms with Gasteiger partial charge in [-0.3, -0.25) is 0 Å². The maximum atomic E-state index is 5.44. The molecule has 0 unspecified atom stereocenters. The summed E-state index contributed by atoms with van der Waals surface area (Å²) in [6.45, 7) is 9.29. The van der Waals surface area contributed by atoms with Gasteiger partial charge in [-0.1, -0.05) is 289 Å². The highest BCUT2D eigenvalue weighted by Crippen LogP contribution is 2.54. The van der Waals surface area contributed by atoms with Crippen molar-refractivity contribution in [2.75, 3.05) is 0 Å². The van der Waals surface area contributed by atoms with Crippen LogP contribution in [0.25, 0.3) is 167 Å². The summed E-state index contributed by atoms with van der Waals surface area (Å²) in [6.07, 6.45) is 0. The summed E-state index contributed by atoms with van der Waals surface area (Å²) < 4.78 is 4.73. The average molecular weight is 1280 g/mol. The fourth-order valence-electron chi connectivity index (χ4n) is 16.4. The molecule has 0 saturated carbocycles. The minimum absolute atomic E-state index is 0.111. The zero-order valence-corrected chi connectivity index (χ0v) is 55.9. The number of rotatable bonds is 8. The van der Waals surface area contributed by atoms with Crippen LogP contribution in [0.5, 0.6) is 0 Å². The van der Waals surface area contributed by atoms with E-state index in [9.17, 15) is 0 Å². The van der Waals surface area contributed by atoms with E-state index < -0.39 is 0 Å². The first kappa shape index (κ1) is 58.7. The number of nitrogens with zero attached hydrogens (tertiary/aromatic N) is 6. The predicted molar refractivity (Wildman–Crippen MR) is 415 cm³/mol. The minimum Gasteiger partial charge on any atom is -0.309 e. The second-order valence-corrected chi connectivity index (χ2v) is 27.6. The van der Waals surface area contributed by atoms with Crippen molar-refractivity contribution in [3.05, 3.63) is 350 Å². The third-order valence-electron chi connectivity index (χ3n) is 21.2. The lowest BCUT2D eigenvalue weighted by atomic mass is 9.82. The topological polar surface area (TPSA) is 61.4 Å². The van der Waals surface area contributed by atoms with Crippen LogP contribution < -0.4 is 0 Å². The molecular formula is C94H66N6. The molecule has 18 aromatic rings. The lowest BCUT2D eigenvalue weighted by Crippen LogP contribution is -2.14. The van der Waals surface area contributed by atoms with E-state index in [0.717, 1.165) is 95.2 Å². The van der Waals surface area contributed by atoms with Crippen LogP contribution in [0.3, 0.4) is 0 Å². The van der Waals surface area contributed by atoms with Crippen LogP contribution in [-0.4, -0.2) is 29.1 Å². The van der Waals surface area contributed by atoms with Gasteiger partial charge in [-0.2, -0.15) is 0 Å². The number of hydrogen-bond donors (Lipinski definition) is 0. The molecule has 20 rings (SSSR count). The zero-order chi connectivity index (χ0) is 66.8. The summed E-state index contributed by atoms with van der Waals surface area (Å²) in [4.78, 5) is 21.5. The van der Waals surface area contributed by atoms with E-state index in [1.54, 1.807) is 0 Å². The molecule has 472 valence electrons. The Hall–Kier alpha value is -12.6. The van der Waals surface area contributed by atoms with E-state index in [2.05, 4.69) is 364 Å². The largest absolute Gasteiger partial charge is 0.309 e. The molecule has 4 heterocycles. The van der Waals surface area contributed by atoms with Crippen LogP contribution in [-0.2, 0) is 10.8 Å². The summed E-state index contributed by atoms with van der Waals surface area (Å²) in [6, 6.07) is 117. The van der Waals surface area contributed by atoms with E-state index in [0.29, 0.717) is 0 Å². The highest BCUT2D eigenvalue weighted by Gasteiger charge is 2.39. The van der Waals surface area contributed by atoms with Gasteiger partial charge in [0.15, 0.2) is 11.6 Å². The normalized spacial score (nSPS) is 13.2. The number of hydrogen-bond acceptors (Lipinski definition) is 4. The molecule has 0 radical (unpaired) electrons. The van der Waals surface area contributed by atoms with Crippen LogP contribution in [0, 0.1) is 0 Å². The molecule has 0 fully saturated rings. The molecule has 2 aliphatic rings. The summed E-state index contributed by atoms with van der Waals surface area (Å²) in [5.41, 5.74) is 29.8. The molecular weight excluding hydrogens is 1210 g/mol. The van der Waals surface area contributed by atoms with Gasteiger partial charge in [0.1, 0.15) is 0 Å². The molecule has 4 aromatic heterocycles. The van der Waals surface area contributed by atoms with Crippen molar-refractivity contribution in [3.63, 3.8) is 0 Å². The number of benzene rings is 14. The maximum Gasteiger partial charge on any atom is 0.160 e. The van der Waals surface area contributed by atoms with Crippen LogP contribution >= 0.6 is 0 Å². The van der Waals surface area contributed by atoms with Crippen molar-refractivity contribution in [3.8, 4) is 101 Å². The summed E-state index contributed by atoms with van der Waals surface area (Å²) in [7, 11) is 0. The Bertz CT molecular complexity index is 6320. The van der Waals surface area contributed by atoms with Crippen molar-refractivity contribution >= 4 is 65.4 Å². The van der Waals surface area contributed by atoms with Crippen LogP contribution in [0.4, 0.5) is 0 Å². The molecule has 0 atom stereocenters.